The van der Waals surface area contributed by atoms with Gasteiger partial charge in [-0.05, 0) is 24.3 Å². The first-order valence-corrected chi connectivity index (χ1v) is 10.2. The molecule has 132 valence electrons. The van der Waals surface area contributed by atoms with E-state index < -0.39 is 15.9 Å². The summed E-state index contributed by atoms with van der Waals surface area (Å²) < 4.78 is 29.0. The van der Waals surface area contributed by atoms with Crippen molar-refractivity contribution in [1.82, 2.24) is 14.9 Å². The average molecular weight is 419 g/mol. The minimum atomic E-state index is -3.62. The van der Waals surface area contributed by atoms with Crippen LogP contribution < -0.4 is 10.0 Å². The van der Waals surface area contributed by atoms with Gasteiger partial charge < -0.3 is 5.32 Å². The van der Waals surface area contributed by atoms with Crippen molar-refractivity contribution >= 4 is 61.7 Å². The van der Waals surface area contributed by atoms with Crippen LogP contribution in [0.3, 0.4) is 0 Å². The standard InChI is InChI=1S/C14H12Cl2N4O3S2/c15-12-8-11(13(16)24-12)14(21)17-4-6-25(22,23)19-9-2-5-20-10(7-9)1-3-18-20/h1-3,5,7-8,19H,4,6H2,(H,17,21). The van der Waals surface area contributed by atoms with Gasteiger partial charge in [0.2, 0.25) is 10.0 Å². The zero-order chi connectivity index (χ0) is 18.0. The molecule has 7 nitrogen and oxygen atoms in total. The number of carbonyl (C=O) groups is 1. The number of halogens is 2. The normalized spacial score (nSPS) is 11.6. The quantitative estimate of drug-likeness (QED) is 0.643. The van der Waals surface area contributed by atoms with E-state index in [0.717, 1.165) is 16.9 Å². The van der Waals surface area contributed by atoms with Gasteiger partial charge >= 0.3 is 0 Å². The summed E-state index contributed by atoms with van der Waals surface area (Å²) in [4.78, 5) is 12.0. The lowest BCUT2D eigenvalue weighted by Crippen LogP contribution is -2.31. The molecule has 11 heteroatoms. The molecule has 3 heterocycles. The summed E-state index contributed by atoms with van der Waals surface area (Å²) in [5, 5.41) is 6.55. The van der Waals surface area contributed by atoms with Crippen LogP contribution in [0.15, 0.2) is 36.7 Å². The van der Waals surface area contributed by atoms with E-state index in [-0.39, 0.29) is 22.2 Å². The van der Waals surface area contributed by atoms with Crippen molar-refractivity contribution in [3.8, 4) is 0 Å². The van der Waals surface area contributed by atoms with Gasteiger partial charge in [-0.3, -0.25) is 9.52 Å². The van der Waals surface area contributed by atoms with E-state index in [2.05, 4.69) is 15.1 Å². The molecule has 1 amide bonds. The molecular formula is C14H12Cl2N4O3S2. The van der Waals surface area contributed by atoms with E-state index in [1.165, 1.54) is 6.07 Å². The maximum atomic E-state index is 12.1. The molecule has 0 aliphatic heterocycles. The number of sulfonamides is 1. The molecule has 25 heavy (non-hydrogen) atoms. The highest BCUT2D eigenvalue weighted by Gasteiger charge is 2.16. The van der Waals surface area contributed by atoms with Gasteiger partial charge in [-0.2, -0.15) is 5.10 Å². The molecule has 2 N–H and O–H groups in total. The molecule has 3 rings (SSSR count). The molecule has 0 aliphatic rings. The smallest absolute Gasteiger partial charge is 0.253 e. The van der Waals surface area contributed by atoms with E-state index in [4.69, 9.17) is 23.2 Å². The topological polar surface area (TPSA) is 92.6 Å². The maximum Gasteiger partial charge on any atom is 0.253 e. The second-order valence-corrected chi connectivity index (χ2v) is 9.16. The number of thiophene rings is 1. The lowest BCUT2D eigenvalue weighted by atomic mass is 10.3. The summed E-state index contributed by atoms with van der Waals surface area (Å²) in [6.45, 7) is -0.0626. The average Bonchev–Trinajstić information content (AvgIpc) is 3.11. The number of aromatic nitrogens is 2. The Labute approximate surface area is 157 Å². The molecule has 0 bridgehead atoms. The molecule has 0 unspecified atom stereocenters. The van der Waals surface area contributed by atoms with Gasteiger partial charge in [0.25, 0.3) is 5.91 Å². The fourth-order valence-corrected chi connectivity index (χ4v) is 4.52. The summed E-state index contributed by atoms with van der Waals surface area (Å²) in [5.74, 6) is -0.748. The summed E-state index contributed by atoms with van der Waals surface area (Å²) in [7, 11) is -3.62. The molecule has 0 aliphatic carbocycles. The minimum absolute atomic E-state index is 0.0626. The molecule has 0 aromatic carbocycles. The zero-order valence-electron chi connectivity index (χ0n) is 12.6. The van der Waals surface area contributed by atoms with Crippen LogP contribution in [0.4, 0.5) is 5.69 Å². The Balaban J connectivity index is 1.58. The number of hydrogen-bond acceptors (Lipinski definition) is 5. The number of amides is 1. The van der Waals surface area contributed by atoms with E-state index in [0.29, 0.717) is 10.0 Å². The largest absolute Gasteiger partial charge is 0.351 e. The van der Waals surface area contributed by atoms with Crippen molar-refractivity contribution in [2.45, 2.75) is 0 Å². The summed E-state index contributed by atoms with van der Waals surface area (Å²) >= 11 is 12.7. The van der Waals surface area contributed by atoms with Crippen LogP contribution in [0.2, 0.25) is 8.67 Å². The first-order chi connectivity index (χ1) is 11.8. The Hall–Kier alpha value is -1.81. The lowest BCUT2D eigenvalue weighted by molar-refractivity contribution is 0.0956. The molecular weight excluding hydrogens is 407 g/mol. The predicted molar refractivity (Wildman–Crippen MR) is 99.3 cm³/mol. The fraction of sp³-hybridized carbons (Fsp3) is 0.143. The summed E-state index contributed by atoms with van der Waals surface area (Å²) in [6, 6.07) is 6.46. The second-order valence-electron chi connectivity index (χ2n) is 5.03. The van der Waals surface area contributed by atoms with Gasteiger partial charge in [0.15, 0.2) is 0 Å². The van der Waals surface area contributed by atoms with Crippen molar-refractivity contribution in [1.29, 1.82) is 0 Å². The maximum absolute atomic E-state index is 12.1. The monoisotopic (exact) mass is 418 g/mol. The van der Waals surface area contributed by atoms with Crippen LogP contribution in [0.1, 0.15) is 10.4 Å². The summed E-state index contributed by atoms with van der Waals surface area (Å²) in [5.41, 5.74) is 1.41. The Morgan fingerprint density at radius 2 is 2.08 bits per heavy atom. The second kappa shape index (κ2) is 7.20. The van der Waals surface area contributed by atoms with Crippen molar-refractivity contribution in [2.24, 2.45) is 0 Å². The van der Waals surface area contributed by atoms with E-state index in [1.807, 2.05) is 0 Å². The van der Waals surface area contributed by atoms with Gasteiger partial charge in [-0.15, -0.1) is 11.3 Å². The van der Waals surface area contributed by atoms with E-state index in [9.17, 15) is 13.2 Å². The zero-order valence-corrected chi connectivity index (χ0v) is 15.7. The fourth-order valence-electron chi connectivity index (χ4n) is 2.10. The highest BCUT2D eigenvalue weighted by molar-refractivity contribution is 7.92. The van der Waals surface area contributed by atoms with Gasteiger partial charge in [0.1, 0.15) is 4.34 Å². The minimum Gasteiger partial charge on any atom is -0.351 e. The molecule has 0 radical (unpaired) electrons. The molecule has 0 atom stereocenters. The van der Waals surface area contributed by atoms with Crippen molar-refractivity contribution < 1.29 is 13.2 Å². The van der Waals surface area contributed by atoms with Crippen LogP contribution >= 0.6 is 34.5 Å². The first-order valence-electron chi connectivity index (χ1n) is 7.01. The van der Waals surface area contributed by atoms with Crippen molar-refractivity contribution in [3.63, 3.8) is 0 Å². The van der Waals surface area contributed by atoms with Crippen molar-refractivity contribution in [3.05, 3.63) is 50.9 Å². The number of rotatable bonds is 6. The third kappa shape index (κ3) is 4.43. The number of carbonyl (C=O) groups excluding carboxylic acids is 1. The van der Waals surface area contributed by atoms with Crippen LogP contribution in [0.25, 0.3) is 5.52 Å². The Morgan fingerprint density at radius 1 is 1.28 bits per heavy atom. The highest BCUT2D eigenvalue weighted by atomic mass is 35.5. The molecule has 3 aromatic rings. The first kappa shape index (κ1) is 18.0. The number of anilines is 1. The van der Waals surface area contributed by atoms with Crippen LogP contribution in [-0.2, 0) is 10.0 Å². The highest BCUT2D eigenvalue weighted by Crippen LogP contribution is 2.30. The Morgan fingerprint density at radius 3 is 2.80 bits per heavy atom. The number of fused-ring (bicyclic) bond motifs is 1. The SMILES string of the molecule is O=C(NCCS(=O)(=O)Nc1ccn2nccc2c1)c1cc(Cl)sc1Cl. The number of hydrogen-bond donors (Lipinski definition) is 2. The molecule has 0 saturated heterocycles. The Bertz CT molecular complexity index is 1030. The molecule has 3 aromatic heterocycles. The molecule has 0 spiro atoms. The van der Waals surface area contributed by atoms with Crippen LogP contribution in [0, 0.1) is 0 Å². The van der Waals surface area contributed by atoms with Crippen LogP contribution in [0.5, 0.6) is 0 Å². The van der Waals surface area contributed by atoms with Crippen LogP contribution in [-0.4, -0.2) is 36.2 Å². The number of nitrogens with zero attached hydrogens (tertiary/aromatic N) is 2. The third-order valence-corrected chi connectivity index (χ3v) is 6.01. The number of nitrogens with one attached hydrogen (secondary N) is 2. The van der Waals surface area contributed by atoms with E-state index >= 15 is 0 Å². The molecule has 0 saturated carbocycles. The third-order valence-electron chi connectivity index (χ3n) is 3.23. The van der Waals surface area contributed by atoms with Crippen molar-refractivity contribution in [2.75, 3.05) is 17.0 Å². The van der Waals surface area contributed by atoms with E-state index in [1.54, 1.807) is 35.1 Å². The molecule has 0 fully saturated rings. The van der Waals surface area contributed by atoms with Gasteiger partial charge in [0, 0.05) is 18.9 Å². The summed E-state index contributed by atoms with van der Waals surface area (Å²) in [6.07, 6.45) is 3.27. The lowest BCUT2D eigenvalue weighted by Gasteiger charge is -2.09. The predicted octanol–water partition coefficient (Wildman–Crippen LogP) is 2.87. The van der Waals surface area contributed by atoms with Gasteiger partial charge in [-0.1, -0.05) is 23.2 Å². The van der Waals surface area contributed by atoms with Gasteiger partial charge in [-0.25, -0.2) is 12.9 Å². The number of pyridine rings is 1. The van der Waals surface area contributed by atoms with Gasteiger partial charge in [0.05, 0.1) is 26.9 Å². The Kier molecular flexibility index (Phi) is 5.19.